The minimum atomic E-state index is 0.632. The van der Waals surface area contributed by atoms with Crippen LogP contribution in [0, 0.1) is 0 Å². The van der Waals surface area contributed by atoms with Gasteiger partial charge in [-0.3, -0.25) is 0 Å². The molecule has 3 rings (SSSR count). The van der Waals surface area contributed by atoms with Gasteiger partial charge in [-0.15, -0.1) is 0 Å². The molecule has 0 fully saturated rings. The van der Waals surface area contributed by atoms with Gasteiger partial charge in [-0.1, -0.05) is 0 Å². The second kappa shape index (κ2) is 3.49. The Labute approximate surface area is 100 Å². The lowest BCUT2D eigenvalue weighted by molar-refractivity contribution is 0.415. The van der Waals surface area contributed by atoms with Crippen LogP contribution in [0.25, 0.3) is 22.0 Å². The molecule has 0 saturated carbocycles. The number of ether oxygens (including phenoxy) is 1. The minimum Gasteiger partial charge on any atom is -0.497 e. The van der Waals surface area contributed by atoms with Crippen LogP contribution < -0.4 is 4.74 Å². The molecule has 0 unspecified atom stereocenters. The molecule has 0 aliphatic carbocycles. The van der Waals surface area contributed by atoms with Crippen molar-refractivity contribution in [2.75, 3.05) is 7.11 Å². The summed E-state index contributed by atoms with van der Waals surface area (Å²) in [4.78, 5) is 4.43. The van der Waals surface area contributed by atoms with Crippen LogP contribution >= 0.6 is 15.9 Å². The zero-order valence-corrected chi connectivity index (χ0v) is 10.1. The first-order valence-electron chi connectivity index (χ1n) is 4.80. The molecule has 0 radical (unpaired) electrons. The Bertz CT molecular complexity index is 675. The fourth-order valence-corrected chi connectivity index (χ4v) is 2.10. The number of pyridine rings is 1. The first-order valence-corrected chi connectivity index (χ1v) is 5.59. The summed E-state index contributed by atoms with van der Waals surface area (Å²) in [5.74, 6) is 0.796. The number of aromatic nitrogens is 1. The van der Waals surface area contributed by atoms with Crippen molar-refractivity contribution in [3.63, 3.8) is 0 Å². The topological polar surface area (TPSA) is 35.3 Å². The Hall–Kier alpha value is -1.55. The lowest BCUT2D eigenvalue weighted by Crippen LogP contribution is -1.84. The van der Waals surface area contributed by atoms with E-state index < -0.39 is 0 Å². The molecule has 2 aromatic heterocycles. The standard InChI is InChI=1S/C12H8BrNO2/c1-15-9-3-2-7-4-8-5-11(13)16-12(8)14-10(7)6-9/h2-6H,1H3. The molecule has 2 heterocycles. The zero-order valence-electron chi connectivity index (χ0n) is 8.53. The van der Waals surface area contributed by atoms with Gasteiger partial charge in [0.25, 0.3) is 0 Å². The van der Waals surface area contributed by atoms with E-state index in [2.05, 4.69) is 20.9 Å². The average molecular weight is 278 g/mol. The Balaban J connectivity index is 2.36. The minimum absolute atomic E-state index is 0.632. The summed E-state index contributed by atoms with van der Waals surface area (Å²) < 4.78 is 11.3. The summed E-state index contributed by atoms with van der Waals surface area (Å²) in [5.41, 5.74) is 1.50. The molecule has 80 valence electrons. The van der Waals surface area contributed by atoms with Crippen molar-refractivity contribution in [2.24, 2.45) is 0 Å². The van der Waals surface area contributed by atoms with Crippen LogP contribution in [0.4, 0.5) is 0 Å². The lowest BCUT2D eigenvalue weighted by Gasteiger charge is -2.01. The van der Waals surface area contributed by atoms with Gasteiger partial charge >= 0.3 is 0 Å². The van der Waals surface area contributed by atoms with E-state index in [1.54, 1.807) is 7.11 Å². The summed E-state index contributed by atoms with van der Waals surface area (Å²) in [7, 11) is 1.64. The molecule has 0 aliphatic rings. The molecular weight excluding hydrogens is 270 g/mol. The number of rotatable bonds is 1. The van der Waals surface area contributed by atoms with Crippen molar-refractivity contribution in [1.82, 2.24) is 4.98 Å². The van der Waals surface area contributed by atoms with Gasteiger partial charge in [0.15, 0.2) is 4.67 Å². The van der Waals surface area contributed by atoms with Crippen LogP contribution in [-0.2, 0) is 0 Å². The third-order valence-electron chi connectivity index (χ3n) is 2.48. The van der Waals surface area contributed by atoms with Gasteiger partial charge in [0.1, 0.15) is 5.75 Å². The molecule has 4 heteroatoms. The number of furan rings is 1. The number of nitrogens with zero attached hydrogens (tertiary/aromatic N) is 1. The summed E-state index contributed by atoms with van der Waals surface area (Å²) in [6.45, 7) is 0. The van der Waals surface area contributed by atoms with Crippen molar-refractivity contribution in [2.45, 2.75) is 0 Å². The van der Waals surface area contributed by atoms with Gasteiger partial charge in [0, 0.05) is 22.9 Å². The van der Waals surface area contributed by atoms with Crippen molar-refractivity contribution in [3.8, 4) is 5.75 Å². The molecule has 0 aliphatic heterocycles. The largest absolute Gasteiger partial charge is 0.497 e. The second-order valence-electron chi connectivity index (χ2n) is 3.49. The molecule has 3 nitrogen and oxygen atoms in total. The van der Waals surface area contributed by atoms with Crippen LogP contribution in [0.5, 0.6) is 5.75 Å². The normalized spacial score (nSPS) is 11.1. The fraction of sp³-hybridized carbons (Fsp3) is 0.0833. The lowest BCUT2D eigenvalue weighted by atomic mass is 10.2. The third-order valence-corrected chi connectivity index (χ3v) is 2.87. The van der Waals surface area contributed by atoms with E-state index >= 15 is 0 Å². The van der Waals surface area contributed by atoms with Crippen LogP contribution in [-0.4, -0.2) is 12.1 Å². The fourth-order valence-electron chi connectivity index (χ4n) is 1.70. The molecule has 0 N–H and O–H groups in total. The maximum absolute atomic E-state index is 5.41. The highest BCUT2D eigenvalue weighted by Gasteiger charge is 2.05. The maximum Gasteiger partial charge on any atom is 0.228 e. The van der Waals surface area contributed by atoms with Gasteiger partial charge in [-0.2, -0.15) is 0 Å². The van der Waals surface area contributed by atoms with Crippen molar-refractivity contribution >= 4 is 37.9 Å². The second-order valence-corrected chi connectivity index (χ2v) is 4.27. The van der Waals surface area contributed by atoms with Gasteiger partial charge in [0.05, 0.1) is 12.6 Å². The first-order chi connectivity index (χ1) is 7.76. The Kier molecular flexibility index (Phi) is 2.11. The summed E-state index contributed by atoms with van der Waals surface area (Å²) in [6.07, 6.45) is 0. The van der Waals surface area contributed by atoms with E-state index in [0.717, 1.165) is 22.0 Å². The van der Waals surface area contributed by atoms with Gasteiger partial charge in [-0.25, -0.2) is 4.98 Å². The smallest absolute Gasteiger partial charge is 0.228 e. The monoisotopic (exact) mass is 277 g/mol. The SMILES string of the molecule is COc1ccc2cc3cc(Br)oc3nc2c1. The molecule has 1 aromatic carbocycles. The van der Waals surface area contributed by atoms with E-state index in [1.165, 1.54) is 0 Å². The molecular formula is C12H8BrNO2. The van der Waals surface area contributed by atoms with Crippen LogP contribution in [0.1, 0.15) is 0 Å². The number of benzene rings is 1. The maximum atomic E-state index is 5.41. The van der Waals surface area contributed by atoms with E-state index in [-0.39, 0.29) is 0 Å². The Morgan fingerprint density at radius 3 is 2.88 bits per heavy atom. The third kappa shape index (κ3) is 1.46. The van der Waals surface area contributed by atoms with Gasteiger partial charge < -0.3 is 9.15 Å². The Morgan fingerprint density at radius 1 is 1.19 bits per heavy atom. The van der Waals surface area contributed by atoms with E-state index in [1.807, 2.05) is 30.3 Å². The summed E-state index contributed by atoms with van der Waals surface area (Å²) >= 11 is 3.29. The highest BCUT2D eigenvalue weighted by Crippen LogP contribution is 2.27. The van der Waals surface area contributed by atoms with Crippen molar-refractivity contribution in [1.29, 1.82) is 0 Å². The van der Waals surface area contributed by atoms with Crippen molar-refractivity contribution < 1.29 is 9.15 Å². The molecule has 0 bridgehead atoms. The number of hydrogen-bond acceptors (Lipinski definition) is 3. The zero-order chi connectivity index (χ0) is 11.1. The first kappa shape index (κ1) is 9.66. The number of fused-ring (bicyclic) bond motifs is 2. The molecule has 0 saturated heterocycles. The predicted octanol–water partition coefficient (Wildman–Crippen LogP) is 3.75. The summed E-state index contributed by atoms with van der Waals surface area (Å²) in [6, 6.07) is 9.76. The van der Waals surface area contributed by atoms with Crippen LogP contribution in [0.2, 0.25) is 0 Å². The Morgan fingerprint density at radius 2 is 2.06 bits per heavy atom. The number of methoxy groups -OCH3 is 1. The predicted molar refractivity (Wildman–Crippen MR) is 65.8 cm³/mol. The number of hydrogen-bond donors (Lipinski definition) is 0. The molecule has 0 atom stereocenters. The molecule has 16 heavy (non-hydrogen) atoms. The van der Waals surface area contributed by atoms with Crippen molar-refractivity contribution in [3.05, 3.63) is 35.0 Å². The van der Waals surface area contributed by atoms with Gasteiger partial charge in [-0.05, 0) is 34.1 Å². The quantitative estimate of drug-likeness (QED) is 0.680. The van der Waals surface area contributed by atoms with E-state index in [4.69, 9.17) is 9.15 Å². The van der Waals surface area contributed by atoms with Crippen LogP contribution in [0.15, 0.2) is 39.4 Å². The summed E-state index contributed by atoms with van der Waals surface area (Å²) in [5, 5.41) is 2.06. The van der Waals surface area contributed by atoms with Gasteiger partial charge in [0.2, 0.25) is 5.71 Å². The molecule has 0 spiro atoms. The molecule has 0 amide bonds. The number of halogens is 1. The van der Waals surface area contributed by atoms with Crippen LogP contribution in [0.3, 0.4) is 0 Å². The highest BCUT2D eigenvalue weighted by molar-refractivity contribution is 9.10. The van der Waals surface area contributed by atoms with E-state index in [9.17, 15) is 0 Å². The average Bonchev–Trinajstić information content (AvgIpc) is 2.64. The van der Waals surface area contributed by atoms with E-state index in [0.29, 0.717) is 10.4 Å². The molecule has 3 aromatic rings. The highest BCUT2D eigenvalue weighted by atomic mass is 79.9.